The topological polar surface area (TPSA) is 79.5 Å². The fourth-order valence-electron chi connectivity index (χ4n) is 1.73. The summed E-state index contributed by atoms with van der Waals surface area (Å²) in [6, 6.07) is 2.01. The van der Waals surface area contributed by atoms with Gasteiger partial charge in [-0.15, -0.1) is 11.3 Å². The molecule has 2 N–H and O–H groups in total. The van der Waals surface area contributed by atoms with Crippen LogP contribution in [0.25, 0.3) is 0 Å². The Morgan fingerprint density at radius 1 is 1.38 bits per heavy atom. The van der Waals surface area contributed by atoms with E-state index in [1.165, 1.54) is 14.1 Å². The van der Waals surface area contributed by atoms with Gasteiger partial charge in [0.15, 0.2) is 10.7 Å². The maximum Gasteiger partial charge on any atom is 0.249 e. The first-order valence-corrected chi connectivity index (χ1v) is 9.73. The van der Waals surface area contributed by atoms with Crippen LogP contribution in [-0.4, -0.2) is 38.2 Å². The number of nitrogen functional groups attached to an aromatic ring is 1. The van der Waals surface area contributed by atoms with Gasteiger partial charge in [0.2, 0.25) is 10.0 Å². The highest BCUT2D eigenvalue weighted by atomic mass is 79.9. The smallest absolute Gasteiger partial charge is 0.249 e. The van der Waals surface area contributed by atoms with Crippen LogP contribution in [0.15, 0.2) is 20.1 Å². The maximum absolute atomic E-state index is 12.4. The molecule has 0 fully saturated rings. The molecule has 0 amide bonds. The van der Waals surface area contributed by atoms with Crippen molar-refractivity contribution in [1.29, 1.82) is 0 Å². The summed E-state index contributed by atoms with van der Waals surface area (Å²) in [6.07, 6.45) is 0. The molecule has 21 heavy (non-hydrogen) atoms. The lowest BCUT2D eigenvalue weighted by molar-refractivity contribution is 0.521. The third-order valence-electron chi connectivity index (χ3n) is 2.78. The summed E-state index contributed by atoms with van der Waals surface area (Å²) < 4.78 is 30.9. The van der Waals surface area contributed by atoms with Gasteiger partial charge in [-0.25, -0.2) is 12.7 Å². The van der Waals surface area contributed by atoms with Crippen LogP contribution in [0.2, 0.25) is 0 Å². The van der Waals surface area contributed by atoms with Crippen LogP contribution in [0.5, 0.6) is 0 Å². The van der Waals surface area contributed by atoms with E-state index in [9.17, 15) is 8.42 Å². The predicted molar refractivity (Wildman–Crippen MR) is 91.5 cm³/mol. The molecule has 0 bridgehead atoms. The van der Waals surface area contributed by atoms with Gasteiger partial charge in [-0.1, -0.05) is 0 Å². The number of thiophene rings is 1. The second-order valence-electron chi connectivity index (χ2n) is 4.60. The number of nitrogens with two attached hydrogens (primary N) is 1. The summed E-state index contributed by atoms with van der Waals surface area (Å²) in [7, 11) is 1.16. The Labute approximate surface area is 140 Å². The molecule has 0 unspecified atom stereocenters. The van der Waals surface area contributed by atoms with E-state index < -0.39 is 10.0 Å². The Kier molecular flexibility index (Phi) is 4.93. The van der Waals surface area contributed by atoms with E-state index in [4.69, 9.17) is 5.73 Å². The lowest BCUT2D eigenvalue weighted by Gasteiger charge is -2.19. The predicted octanol–water partition coefficient (Wildman–Crippen LogP) is 2.44. The van der Waals surface area contributed by atoms with Crippen molar-refractivity contribution in [2.24, 2.45) is 0 Å². The number of sulfonamides is 1. The minimum Gasteiger partial charge on any atom is -0.382 e. The van der Waals surface area contributed by atoms with Crippen LogP contribution in [-0.2, 0) is 16.6 Å². The molecule has 6 nitrogen and oxygen atoms in total. The second kappa shape index (κ2) is 6.21. The average Bonchev–Trinajstić information content (AvgIpc) is 2.95. The van der Waals surface area contributed by atoms with E-state index in [0.717, 1.165) is 25.2 Å². The van der Waals surface area contributed by atoms with Crippen LogP contribution in [0.3, 0.4) is 0 Å². The molecule has 0 saturated heterocycles. The fraction of sp³-hybridized carbons (Fsp3) is 0.364. The van der Waals surface area contributed by atoms with Crippen molar-refractivity contribution in [3.63, 3.8) is 0 Å². The number of hydrogen-bond donors (Lipinski definition) is 1. The van der Waals surface area contributed by atoms with Gasteiger partial charge >= 0.3 is 0 Å². The number of nitrogens with zero attached hydrogens (tertiary/aromatic N) is 3. The summed E-state index contributed by atoms with van der Waals surface area (Å²) in [5.41, 5.74) is 6.85. The number of aromatic nitrogens is 1. The normalized spacial score (nSPS) is 12.0. The molecule has 0 atom stereocenters. The van der Waals surface area contributed by atoms with Crippen LogP contribution in [0.4, 0.5) is 10.8 Å². The highest BCUT2D eigenvalue weighted by Crippen LogP contribution is 2.36. The largest absolute Gasteiger partial charge is 0.382 e. The highest BCUT2D eigenvalue weighted by Gasteiger charge is 2.29. The minimum absolute atomic E-state index is 0.0436. The van der Waals surface area contributed by atoms with Crippen molar-refractivity contribution in [1.82, 2.24) is 8.68 Å². The highest BCUT2D eigenvalue weighted by molar-refractivity contribution is 9.11. The number of hydrogen-bond acceptors (Lipinski definition) is 7. The summed E-state index contributed by atoms with van der Waals surface area (Å²) in [6.45, 7) is 0.583. The zero-order valence-electron chi connectivity index (χ0n) is 11.7. The molecule has 2 aromatic rings. The van der Waals surface area contributed by atoms with Crippen molar-refractivity contribution in [2.45, 2.75) is 11.4 Å². The third kappa shape index (κ3) is 3.39. The van der Waals surface area contributed by atoms with Gasteiger partial charge < -0.3 is 10.6 Å². The Bertz CT molecular complexity index is 738. The standard InChI is InChI=1S/C11H15BrN4O2S3/c1-15(2)21(17,18)9-10(13)14-20-11(9)16(3)5-7-4-8(12)19-6-7/h4,6H,5H2,1-3H3,(H2,13,14). The summed E-state index contributed by atoms with van der Waals surface area (Å²) in [5.74, 6) is 0.0436. The van der Waals surface area contributed by atoms with Gasteiger partial charge in [0.25, 0.3) is 0 Å². The van der Waals surface area contributed by atoms with Crippen molar-refractivity contribution >= 4 is 59.6 Å². The Balaban J connectivity index is 2.37. The molecule has 0 radical (unpaired) electrons. The van der Waals surface area contributed by atoms with Crippen molar-refractivity contribution in [3.05, 3.63) is 20.8 Å². The second-order valence-corrected chi connectivity index (χ2v) is 9.74. The van der Waals surface area contributed by atoms with Gasteiger partial charge in [-0.3, -0.25) is 0 Å². The molecule has 0 saturated carbocycles. The van der Waals surface area contributed by atoms with Gasteiger partial charge in [-0.2, -0.15) is 4.37 Å². The van der Waals surface area contributed by atoms with E-state index in [0.29, 0.717) is 11.5 Å². The molecule has 10 heteroatoms. The number of rotatable bonds is 5. The molecular formula is C11H15BrN4O2S3. The molecule has 2 heterocycles. The lowest BCUT2D eigenvalue weighted by atomic mass is 10.3. The molecule has 0 aromatic carbocycles. The number of anilines is 2. The summed E-state index contributed by atoms with van der Waals surface area (Å²) >= 11 is 6.09. The van der Waals surface area contributed by atoms with E-state index in [1.54, 1.807) is 11.3 Å². The number of halogens is 1. The molecule has 2 aromatic heterocycles. The lowest BCUT2D eigenvalue weighted by Crippen LogP contribution is -2.25. The maximum atomic E-state index is 12.4. The Morgan fingerprint density at radius 3 is 2.57 bits per heavy atom. The first-order chi connectivity index (χ1) is 9.73. The van der Waals surface area contributed by atoms with Gasteiger partial charge in [-0.05, 0) is 44.5 Å². The Morgan fingerprint density at radius 2 is 2.05 bits per heavy atom. The van der Waals surface area contributed by atoms with Crippen molar-refractivity contribution < 1.29 is 8.42 Å². The third-order valence-corrected chi connectivity index (χ3v) is 7.32. The van der Waals surface area contributed by atoms with E-state index in [-0.39, 0.29) is 10.7 Å². The monoisotopic (exact) mass is 410 g/mol. The molecule has 0 aliphatic carbocycles. The first kappa shape index (κ1) is 16.7. The van der Waals surface area contributed by atoms with Gasteiger partial charge in [0, 0.05) is 27.7 Å². The molecule has 0 aliphatic rings. The minimum atomic E-state index is -3.62. The first-order valence-electron chi connectivity index (χ1n) is 5.85. The average molecular weight is 411 g/mol. The fourth-order valence-corrected chi connectivity index (χ4v) is 5.13. The van der Waals surface area contributed by atoms with Crippen molar-refractivity contribution in [3.8, 4) is 0 Å². The molecule has 0 spiro atoms. The molecule has 2 rings (SSSR count). The molecule has 116 valence electrons. The van der Waals surface area contributed by atoms with Crippen LogP contribution in [0.1, 0.15) is 5.56 Å². The van der Waals surface area contributed by atoms with Gasteiger partial charge in [0.1, 0.15) is 5.00 Å². The van der Waals surface area contributed by atoms with E-state index in [2.05, 4.69) is 20.3 Å². The summed E-state index contributed by atoms with van der Waals surface area (Å²) in [4.78, 5) is 1.92. The quantitative estimate of drug-likeness (QED) is 0.818. The van der Waals surface area contributed by atoms with Crippen LogP contribution >= 0.6 is 38.8 Å². The summed E-state index contributed by atoms with van der Waals surface area (Å²) in [5, 5.41) is 2.56. The van der Waals surface area contributed by atoms with E-state index in [1.807, 2.05) is 23.4 Å². The zero-order valence-corrected chi connectivity index (χ0v) is 15.7. The van der Waals surface area contributed by atoms with Crippen molar-refractivity contribution in [2.75, 3.05) is 31.8 Å². The van der Waals surface area contributed by atoms with E-state index >= 15 is 0 Å². The zero-order chi connectivity index (χ0) is 15.8. The molecule has 0 aliphatic heterocycles. The van der Waals surface area contributed by atoms with Crippen LogP contribution in [0, 0.1) is 0 Å². The van der Waals surface area contributed by atoms with Gasteiger partial charge in [0.05, 0.1) is 3.79 Å². The molecular weight excluding hydrogens is 396 g/mol. The van der Waals surface area contributed by atoms with Crippen LogP contribution < -0.4 is 10.6 Å². The SMILES string of the molecule is CN(Cc1csc(Br)c1)c1snc(N)c1S(=O)(=O)N(C)C. The Hall–Kier alpha value is -0.680.